The van der Waals surface area contributed by atoms with E-state index >= 15 is 0 Å². The van der Waals surface area contributed by atoms with Crippen molar-refractivity contribution in [1.82, 2.24) is 4.90 Å². The largest absolute Gasteiger partial charge is 0.507 e. The molecule has 0 fully saturated rings. The van der Waals surface area contributed by atoms with Gasteiger partial charge >= 0.3 is 0 Å². The molecule has 0 aliphatic carbocycles. The standard InChI is InChI=1S/C29H50O2.C3H9N/c1-20(2)12-9-13-21(3)14-10-15-22(4)16-11-18-29(8)19-17-26-25(7)27(30)23(5)24(6)28(26)31-29;1-4(2)3/h20-22,30H,9-19H2,1-8H3;1-3H3/t21?,22?,29-;/m1./s1. The van der Waals surface area contributed by atoms with Crippen LogP contribution in [0.15, 0.2) is 0 Å². The molecule has 1 aliphatic rings. The average Bonchev–Trinajstić information content (AvgIpc) is 2.75. The fourth-order valence-corrected chi connectivity index (χ4v) is 5.27. The van der Waals surface area contributed by atoms with Crippen LogP contribution in [-0.2, 0) is 6.42 Å². The smallest absolute Gasteiger partial charge is 0.127 e. The van der Waals surface area contributed by atoms with Crippen LogP contribution in [0, 0.1) is 38.5 Å². The molecule has 3 nitrogen and oxygen atoms in total. The van der Waals surface area contributed by atoms with Crippen LogP contribution in [-0.4, -0.2) is 36.8 Å². The quantitative estimate of drug-likeness (QED) is 0.318. The average molecular weight is 490 g/mol. The lowest BCUT2D eigenvalue weighted by atomic mass is 9.84. The van der Waals surface area contributed by atoms with Gasteiger partial charge in [0.1, 0.15) is 17.1 Å². The third-order valence-electron chi connectivity index (χ3n) is 7.87. The summed E-state index contributed by atoms with van der Waals surface area (Å²) in [4.78, 5) is 2.00. The van der Waals surface area contributed by atoms with Gasteiger partial charge in [0.05, 0.1) is 0 Å². The Bertz CT molecular complexity index is 752. The lowest BCUT2D eigenvalue weighted by Gasteiger charge is -2.38. The molecule has 0 aromatic heterocycles. The highest BCUT2D eigenvalue weighted by Crippen LogP contribution is 2.44. The lowest BCUT2D eigenvalue weighted by molar-refractivity contribution is 0.0512. The van der Waals surface area contributed by atoms with E-state index < -0.39 is 0 Å². The lowest BCUT2D eigenvalue weighted by Crippen LogP contribution is -2.37. The zero-order valence-electron chi connectivity index (χ0n) is 25.3. The van der Waals surface area contributed by atoms with Crippen LogP contribution in [0.5, 0.6) is 11.5 Å². The van der Waals surface area contributed by atoms with E-state index in [1.54, 1.807) is 0 Å². The van der Waals surface area contributed by atoms with E-state index in [-0.39, 0.29) is 5.60 Å². The number of benzene rings is 1. The van der Waals surface area contributed by atoms with E-state index in [2.05, 4.69) is 41.5 Å². The molecule has 0 bridgehead atoms. The van der Waals surface area contributed by atoms with Crippen LogP contribution in [0.4, 0.5) is 0 Å². The molecule has 3 atom stereocenters. The first kappa shape index (κ1) is 31.8. The van der Waals surface area contributed by atoms with Crippen molar-refractivity contribution in [3.05, 3.63) is 22.3 Å². The number of nitrogens with zero attached hydrogens (tertiary/aromatic N) is 1. The molecule has 1 aliphatic heterocycles. The normalized spacial score (nSPS) is 19.1. The highest BCUT2D eigenvalue weighted by atomic mass is 16.5. The summed E-state index contributed by atoms with van der Waals surface area (Å²) in [7, 11) is 6.00. The Hall–Kier alpha value is -1.22. The minimum Gasteiger partial charge on any atom is -0.507 e. The van der Waals surface area contributed by atoms with Crippen molar-refractivity contribution >= 4 is 0 Å². The Balaban J connectivity index is 0.00000142. The molecule has 0 saturated heterocycles. The zero-order chi connectivity index (χ0) is 26.8. The van der Waals surface area contributed by atoms with Crippen molar-refractivity contribution in [1.29, 1.82) is 0 Å². The van der Waals surface area contributed by atoms with Crippen LogP contribution >= 0.6 is 0 Å². The number of phenolic OH excluding ortho intramolecular Hbond substituents is 1. The Morgan fingerprint density at radius 1 is 0.800 bits per heavy atom. The van der Waals surface area contributed by atoms with E-state index in [0.717, 1.165) is 59.5 Å². The Labute approximate surface area is 219 Å². The molecule has 2 unspecified atom stereocenters. The molecule has 204 valence electrons. The number of aromatic hydroxyl groups is 1. The molecule has 1 aromatic carbocycles. The van der Waals surface area contributed by atoms with Gasteiger partial charge in [0, 0.05) is 5.56 Å². The van der Waals surface area contributed by atoms with E-state index in [1.807, 2.05) is 39.9 Å². The van der Waals surface area contributed by atoms with Gasteiger partial charge in [-0.3, -0.25) is 0 Å². The minimum absolute atomic E-state index is 0.0712. The second-order valence-electron chi connectivity index (χ2n) is 12.8. The first-order chi connectivity index (χ1) is 16.3. The van der Waals surface area contributed by atoms with E-state index in [0.29, 0.717) is 5.75 Å². The summed E-state index contributed by atoms with van der Waals surface area (Å²) >= 11 is 0. The van der Waals surface area contributed by atoms with Gasteiger partial charge in [-0.15, -0.1) is 0 Å². The van der Waals surface area contributed by atoms with Crippen molar-refractivity contribution in [2.45, 2.75) is 132 Å². The third-order valence-corrected chi connectivity index (χ3v) is 7.87. The number of ether oxygens (including phenoxy) is 1. The van der Waals surface area contributed by atoms with Crippen LogP contribution in [0.1, 0.15) is 121 Å². The maximum Gasteiger partial charge on any atom is 0.127 e. The fourth-order valence-electron chi connectivity index (χ4n) is 5.27. The second kappa shape index (κ2) is 15.1. The van der Waals surface area contributed by atoms with Crippen molar-refractivity contribution in [3.63, 3.8) is 0 Å². The van der Waals surface area contributed by atoms with Gasteiger partial charge in [-0.25, -0.2) is 0 Å². The summed E-state index contributed by atoms with van der Waals surface area (Å²) in [5.41, 5.74) is 4.23. The van der Waals surface area contributed by atoms with Gasteiger partial charge in [0.2, 0.25) is 0 Å². The monoisotopic (exact) mass is 489 g/mol. The van der Waals surface area contributed by atoms with Gasteiger partial charge in [-0.05, 0) is 109 Å². The Morgan fingerprint density at radius 3 is 1.80 bits per heavy atom. The number of hydrogen-bond donors (Lipinski definition) is 1. The first-order valence-corrected chi connectivity index (χ1v) is 14.4. The van der Waals surface area contributed by atoms with Crippen LogP contribution in [0.2, 0.25) is 0 Å². The van der Waals surface area contributed by atoms with Crippen molar-refractivity contribution in [2.75, 3.05) is 21.1 Å². The van der Waals surface area contributed by atoms with Gasteiger partial charge in [0.25, 0.3) is 0 Å². The minimum atomic E-state index is -0.0712. The predicted molar refractivity (Wildman–Crippen MR) is 154 cm³/mol. The second-order valence-corrected chi connectivity index (χ2v) is 12.8. The molecule has 1 N–H and O–H groups in total. The molecular weight excluding hydrogens is 430 g/mol. The molecular formula is C32H59NO2. The van der Waals surface area contributed by atoms with E-state index in [4.69, 9.17) is 4.74 Å². The van der Waals surface area contributed by atoms with Gasteiger partial charge in [0.15, 0.2) is 0 Å². The number of rotatable bonds is 12. The van der Waals surface area contributed by atoms with Crippen LogP contribution < -0.4 is 4.74 Å². The molecule has 1 aromatic rings. The molecule has 0 amide bonds. The summed E-state index contributed by atoms with van der Waals surface area (Å²) in [6.45, 7) is 17.9. The molecule has 3 heteroatoms. The summed E-state index contributed by atoms with van der Waals surface area (Å²) in [6.07, 6.45) is 14.1. The van der Waals surface area contributed by atoms with Crippen molar-refractivity contribution in [3.8, 4) is 11.5 Å². The number of hydrogen-bond acceptors (Lipinski definition) is 3. The summed E-state index contributed by atoms with van der Waals surface area (Å²) in [5, 5.41) is 10.4. The molecule has 2 rings (SSSR count). The van der Waals surface area contributed by atoms with Crippen LogP contribution in [0.3, 0.4) is 0 Å². The SMILES string of the molecule is CN(C)C.Cc1c(C)c2c(c(C)c1O)CC[C@@](C)(CCCC(C)CCCC(C)CCCC(C)C)O2. The van der Waals surface area contributed by atoms with Gasteiger partial charge in [-0.1, -0.05) is 72.6 Å². The van der Waals surface area contributed by atoms with Gasteiger partial charge < -0.3 is 14.7 Å². The molecule has 0 radical (unpaired) electrons. The topological polar surface area (TPSA) is 32.7 Å². The maximum absolute atomic E-state index is 10.4. The van der Waals surface area contributed by atoms with E-state index in [9.17, 15) is 5.11 Å². The highest BCUT2D eigenvalue weighted by molar-refractivity contribution is 5.58. The van der Waals surface area contributed by atoms with Crippen molar-refractivity contribution in [2.24, 2.45) is 17.8 Å². The Kier molecular flexibility index (Phi) is 13.7. The zero-order valence-corrected chi connectivity index (χ0v) is 25.3. The number of fused-ring (bicyclic) bond motifs is 1. The maximum atomic E-state index is 10.4. The fraction of sp³-hybridized carbons (Fsp3) is 0.812. The highest BCUT2D eigenvalue weighted by Gasteiger charge is 2.34. The van der Waals surface area contributed by atoms with Crippen molar-refractivity contribution < 1.29 is 9.84 Å². The third kappa shape index (κ3) is 11.1. The summed E-state index contributed by atoms with van der Waals surface area (Å²) in [6, 6.07) is 0. The predicted octanol–water partition coefficient (Wildman–Crippen LogP) is 9.02. The molecule has 35 heavy (non-hydrogen) atoms. The van der Waals surface area contributed by atoms with Gasteiger partial charge in [-0.2, -0.15) is 0 Å². The van der Waals surface area contributed by atoms with Crippen LogP contribution in [0.25, 0.3) is 0 Å². The molecule has 0 spiro atoms. The Morgan fingerprint density at radius 2 is 1.29 bits per heavy atom. The molecule has 0 saturated carbocycles. The number of phenols is 1. The molecule has 1 heterocycles. The first-order valence-electron chi connectivity index (χ1n) is 14.4. The summed E-state index contributed by atoms with van der Waals surface area (Å²) in [5.74, 6) is 4.04. The summed E-state index contributed by atoms with van der Waals surface area (Å²) < 4.78 is 6.60. The van der Waals surface area contributed by atoms with E-state index in [1.165, 1.54) is 56.9 Å².